The maximum atomic E-state index is 10.3. The standard InChI is InChI=1S/C16H14N4O3/c21-15(22)11-23-14-8-6-13(7-9-14)16-17-19-20(18-16)10-12-4-2-1-3-5-12/h1-9H,10-11H2,(H,21,22)/p-1. The third kappa shape index (κ3) is 3.91. The van der Waals surface area contributed by atoms with Crippen molar-refractivity contribution in [3.05, 3.63) is 60.2 Å². The van der Waals surface area contributed by atoms with Crippen LogP contribution in [0.4, 0.5) is 0 Å². The summed E-state index contributed by atoms with van der Waals surface area (Å²) < 4.78 is 5.02. The second-order valence-corrected chi connectivity index (χ2v) is 4.81. The number of rotatable bonds is 6. The van der Waals surface area contributed by atoms with Crippen LogP contribution in [0.2, 0.25) is 0 Å². The van der Waals surface area contributed by atoms with Gasteiger partial charge >= 0.3 is 0 Å². The Balaban J connectivity index is 1.69. The highest BCUT2D eigenvalue weighted by Crippen LogP contribution is 2.18. The van der Waals surface area contributed by atoms with E-state index < -0.39 is 12.6 Å². The number of aromatic nitrogens is 4. The molecule has 0 atom stereocenters. The van der Waals surface area contributed by atoms with Crippen molar-refractivity contribution in [2.45, 2.75) is 6.54 Å². The number of hydrogen-bond acceptors (Lipinski definition) is 6. The lowest BCUT2D eigenvalue weighted by Gasteiger charge is -2.06. The number of hydrogen-bond donors (Lipinski definition) is 0. The van der Waals surface area contributed by atoms with E-state index in [0.29, 0.717) is 18.1 Å². The zero-order chi connectivity index (χ0) is 16.1. The van der Waals surface area contributed by atoms with Crippen molar-refractivity contribution in [1.29, 1.82) is 0 Å². The minimum Gasteiger partial charge on any atom is -0.546 e. The Morgan fingerprint density at radius 1 is 1.09 bits per heavy atom. The van der Waals surface area contributed by atoms with E-state index in [1.54, 1.807) is 24.3 Å². The van der Waals surface area contributed by atoms with E-state index in [2.05, 4.69) is 15.4 Å². The Kier molecular flexibility index (Phi) is 4.28. The van der Waals surface area contributed by atoms with Gasteiger partial charge in [0.15, 0.2) is 0 Å². The third-order valence-corrected chi connectivity index (χ3v) is 3.09. The zero-order valence-electron chi connectivity index (χ0n) is 12.1. The monoisotopic (exact) mass is 309 g/mol. The van der Waals surface area contributed by atoms with Gasteiger partial charge in [-0.2, -0.15) is 4.80 Å². The number of carbonyl (C=O) groups is 1. The molecular weight excluding hydrogens is 296 g/mol. The molecule has 2 aromatic carbocycles. The first-order valence-electron chi connectivity index (χ1n) is 6.95. The number of nitrogens with zero attached hydrogens (tertiary/aromatic N) is 4. The number of ether oxygens (including phenoxy) is 1. The molecule has 0 radical (unpaired) electrons. The summed E-state index contributed by atoms with van der Waals surface area (Å²) in [5, 5.41) is 22.7. The van der Waals surface area contributed by atoms with Gasteiger partial charge in [0.2, 0.25) is 5.82 Å². The Morgan fingerprint density at radius 2 is 1.83 bits per heavy atom. The Hall–Kier alpha value is -3.22. The molecule has 0 N–H and O–H groups in total. The summed E-state index contributed by atoms with van der Waals surface area (Å²) in [6.45, 7) is 0.0610. The smallest absolute Gasteiger partial charge is 0.204 e. The molecule has 3 rings (SSSR count). The largest absolute Gasteiger partial charge is 0.546 e. The first kappa shape index (κ1) is 14.7. The summed E-state index contributed by atoms with van der Waals surface area (Å²) in [5.41, 5.74) is 1.85. The summed E-state index contributed by atoms with van der Waals surface area (Å²) in [7, 11) is 0. The molecular formula is C16H13N4O3-. The molecule has 1 heterocycles. The SMILES string of the molecule is O=C([O-])COc1ccc(-c2nnn(Cc3ccccc3)n2)cc1. The van der Waals surface area contributed by atoms with Crippen molar-refractivity contribution in [2.75, 3.05) is 6.61 Å². The third-order valence-electron chi connectivity index (χ3n) is 3.09. The van der Waals surface area contributed by atoms with Crippen LogP contribution < -0.4 is 9.84 Å². The van der Waals surface area contributed by atoms with Gasteiger partial charge in [0, 0.05) is 5.56 Å². The molecule has 0 spiro atoms. The van der Waals surface area contributed by atoms with Crippen molar-refractivity contribution in [1.82, 2.24) is 20.2 Å². The first-order chi connectivity index (χ1) is 11.2. The van der Waals surface area contributed by atoms with Gasteiger partial charge in [0.1, 0.15) is 12.4 Å². The van der Waals surface area contributed by atoms with E-state index >= 15 is 0 Å². The fraction of sp³-hybridized carbons (Fsp3) is 0.125. The first-order valence-corrected chi connectivity index (χ1v) is 6.95. The van der Waals surface area contributed by atoms with Crippen molar-refractivity contribution < 1.29 is 14.6 Å². The van der Waals surface area contributed by atoms with E-state index in [1.165, 1.54) is 4.80 Å². The molecule has 7 nitrogen and oxygen atoms in total. The van der Waals surface area contributed by atoms with Gasteiger partial charge in [-0.25, -0.2) is 0 Å². The number of carboxylic acids is 1. The number of aliphatic carboxylic acids is 1. The predicted octanol–water partition coefficient (Wildman–Crippen LogP) is 0.517. The molecule has 0 saturated carbocycles. The molecule has 0 bridgehead atoms. The van der Waals surface area contributed by atoms with E-state index in [0.717, 1.165) is 11.1 Å². The highest BCUT2D eigenvalue weighted by Gasteiger charge is 2.06. The topological polar surface area (TPSA) is 93.0 Å². The van der Waals surface area contributed by atoms with Crippen LogP contribution in [-0.2, 0) is 11.3 Å². The average molecular weight is 309 g/mol. The number of tetrazole rings is 1. The highest BCUT2D eigenvalue weighted by atomic mass is 16.5. The van der Waals surface area contributed by atoms with E-state index in [1.807, 2.05) is 30.3 Å². The van der Waals surface area contributed by atoms with Crippen molar-refractivity contribution >= 4 is 5.97 Å². The molecule has 0 saturated heterocycles. The van der Waals surface area contributed by atoms with Crippen LogP contribution in [0.5, 0.6) is 5.75 Å². The lowest BCUT2D eigenvalue weighted by Crippen LogP contribution is -2.28. The van der Waals surface area contributed by atoms with Gasteiger partial charge in [0.25, 0.3) is 0 Å². The summed E-state index contributed by atoms with van der Waals surface area (Å²) in [6, 6.07) is 16.6. The molecule has 7 heteroatoms. The quantitative estimate of drug-likeness (QED) is 0.659. The maximum absolute atomic E-state index is 10.3. The van der Waals surface area contributed by atoms with Gasteiger partial charge < -0.3 is 14.6 Å². The van der Waals surface area contributed by atoms with Crippen LogP contribution in [0.15, 0.2) is 54.6 Å². The number of carbonyl (C=O) groups excluding carboxylic acids is 1. The molecule has 0 aliphatic rings. The second kappa shape index (κ2) is 6.69. The van der Waals surface area contributed by atoms with Crippen molar-refractivity contribution in [2.24, 2.45) is 0 Å². The average Bonchev–Trinajstić information content (AvgIpc) is 3.03. The molecule has 0 aliphatic heterocycles. The molecule has 0 fully saturated rings. The predicted molar refractivity (Wildman–Crippen MR) is 79.3 cm³/mol. The molecule has 1 aromatic heterocycles. The molecule has 0 unspecified atom stereocenters. The van der Waals surface area contributed by atoms with E-state index in [-0.39, 0.29) is 0 Å². The summed E-state index contributed by atoms with van der Waals surface area (Å²) in [5.74, 6) is -0.332. The normalized spacial score (nSPS) is 10.4. The highest BCUT2D eigenvalue weighted by molar-refractivity contribution is 5.66. The van der Waals surface area contributed by atoms with E-state index in [9.17, 15) is 9.90 Å². The second-order valence-electron chi connectivity index (χ2n) is 4.81. The minimum atomic E-state index is -1.26. The van der Waals surface area contributed by atoms with E-state index in [4.69, 9.17) is 4.74 Å². The number of benzene rings is 2. The Morgan fingerprint density at radius 3 is 2.52 bits per heavy atom. The molecule has 23 heavy (non-hydrogen) atoms. The minimum absolute atomic E-state index is 0.439. The van der Waals surface area contributed by atoms with Gasteiger partial charge in [-0.3, -0.25) is 0 Å². The molecule has 116 valence electrons. The van der Waals surface area contributed by atoms with Crippen LogP contribution in [0, 0.1) is 0 Å². The fourth-order valence-electron chi connectivity index (χ4n) is 2.01. The van der Waals surface area contributed by atoms with Gasteiger partial charge in [0.05, 0.1) is 12.5 Å². The van der Waals surface area contributed by atoms with Crippen LogP contribution in [-0.4, -0.2) is 32.8 Å². The Labute approximate surface area is 132 Å². The van der Waals surface area contributed by atoms with Gasteiger partial charge in [-0.1, -0.05) is 30.3 Å². The summed E-state index contributed by atoms with van der Waals surface area (Å²) >= 11 is 0. The maximum Gasteiger partial charge on any atom is 0.204 e. The van der Waals surface area contributed by atoms with Gasteiger partial charge in [-0.15, -0.1) is 10.2 Å². The van der Waals surface area contributed by atoms with Crippen LogP contribution >= 0.6 is 0 Å². The molecule has 3 aromatic rings. The zero-order valence-corrected chi connectivity index (χ0v) is 12.1. The van der Waals surface area contributed by atoms with Gasteiger partial charge in [-0.05, 0) is 35.0 Å². The lowest BCUT2D eigenvalue weighted by molar-refractivity contribution is -0.307. The number of carboxylic acid groups (broad SMARTS) is 1. The van der Waals surface area contributed by atoms with Crippen molar-refractivity contribution in [3.63, 3.8) is 0 Å². The van der Waals surface area contributed by atoms with Crippen LogP contribution in [0.3, 0.4) is 0 Å². The summed E-state index contributed by atoms with van der Waals surface area (Å²) in [6.07, 6.45) is 0. The van der Waals surface area contributed by atoms with Crippen LogP contribution in [0.1, 0.15) is 5.56 Å². The van der Waals surface area contributed by atoms with Crippen molar-refractivity contribution in [3.8, 4) is 17.1 Å². The molecule has 0 aliphatic carbocycles. The fourth-order valence-corrected chi connectivity index (χ4v) is 2.01. The van der Waals surface area contributed by atoms with Crippen LogP contribution in [0.25, 0.3) is 11.4 Å². The molecule has 0 amide bonds. The lowest BCUT2D eigenvalue weighted by atomic mass is 10.2. The summed E-state index contributed by atoms with van der Waals surface area (Å²) in [4.78, 5) is 11.9. The Bertz CT molecular complexity index is 785.